The third kappa shape index (κ3) is 3.44. The Bertz CT molecular complexity index is 375. The van der Waals surface area contributed by atoms with E-state index in [0.717, 1.165) is 37.6 Å². The quantitative estimate of drug-likeness (QED) is 0.909. The van der Waals surface area contributed by atoms with E-state index in [0.29, 0.717) is 12.0 Å². The Kier molecular flexibility index (Phi) is 4.98. The van der Waals surface area contributed by atoms with Gasteiger partial charge in [-0.15, -0.1) is 0 Å². The Labute approximate surface area is 115 Å². The summed E-state index contributed by atoms with van der Waals surface area (Å²) >= 11 is 6.32. The Hall–Kier alpha value is -0.640. The average molecular weight is 268 g/mol. The van der Waals surface area contributed by atoms with Gasteiger partial charge in [0.05, 0.1) is 5.02 Å². The number of halogens is 1. The number of aromatic nitrogens is 1. The summed E-state index contributed by atoms with van der Waals surface area (Å²) in [5.74, 6) is 0.661. The molecule has 1 fully saturated rings. The molecule has 1 saturated heterocycles. The fourth-order valence-electron chi connectivity index (χ4n) is 2.57. The minimum Gasteiger partial charge on any atom is -0.314 e. The number of rotatable bonds is 4. The lowest BCUT2D eigenvalue weighted by Gasteiger charge is -2.36. The van der Waals surface area contributed by atoms with Crippen molar-refractivity contribution < 1.29 is 0 Å². The van der Waals surface area contributed by atoms with Crippen LogP contribution in [0.15, 0.2) is 18.5 Å². The number of nitrogens with zero attached hydrogens (tertiary/aromatic N) is 2. The van der Waals surface area contributed by atoms with Gasteiger partial charge in [0.2, 0.25) is 0 Å². The summed E-state index contributed by atoms with van der Waals surface area (Å²) in [7, 11) is 0. The van der Waals surface area contributed by atoms with Crippen LogP contribution in [0.1, 0.15) is 31.9 Å². The predicted molar refractivity (Wildman–Crippen MR) is 75.9 cm³/mol. The molecular weight excluding hydrogens is 246 g/mol. The Morgan fingerprint density at radius 2 is 2.11 bits per heavy atom. The van der Waals surface area contributed by atoms with Crippen LogP contribution < -0.4 is 5.32 Å². The first-order valence-electron chi connectivity index (χ1n) is 6.72. The van der Waals surface area contributed by atoms with Crippen molar-refractivity contribution in [3.8, 4) is 0 Å². The minimum absolute atomic E-state index is 0.419. The molecule has 1 aliphatic heterocycles. The van der Waals surface area contributed by atoms with Crippen molar-refractivity contribution in [1.29, 1.82) is 0 Å². The topological polar surface area (TPSA) is 28.2 Å². The molecule has 3 nitrogen and oxygen atoms in total. The lowest BCUT2D eigenvalue weighted by Crippen LogP contribution is -2.45. The highest BCUT2D eigenvalue weighted by molar-refractivity contribution is 6.31. The summed E-state index contributed by atoms with van der Waals surface area (Å²) < 4.78 is 0. The van der Waals surface area contributed by atoms with Gasteiger partial charge in [0.15, 0.2) is 0 Å². The van der Waals surface area contributed by atoms with Crippen LogP contribution in [0.25, 0.3) is 0 Å². The number of piperazine rings is 1. The largest absolute Gasteiger partial charge is 0.314 e. The fourth-order valence-corrected chi connectivity index (χ4v) is 2.81. The van der Waals surface area contributed by atoms with Crippen LogP contribution in [0, 0.1) is 5.92 Å². The standard InChI is InChI=1S/C14H22ClN3/c1-11(2)9-14(18-7-5-16-6-8-18)12-3-4-17-10-13(12)15/h3-4,10-11,14,16H,5-9H2,1-2H3/t14-/m1/s1. The molecule has 1 aromatic rings. The maximum atomic E-state index is 6.32. The maximum Gasteiger partial charge on any atom is 0.0637 e. The zero-order chi connectivity index (χ0) is 13.0. The molecule has 100 valence electrons. The predicted octanol–water partition coefficient (Wildman–Crippen LogP) is 2.73. The second kappa shape index (κ2) is 6.50. The molecule has 0 radical (unpaired) electrons. The Morgan fingerprint density at radius 3 is 2.72 bits per heavy atom. The summed E-state index contributed by atoms with van der Waals surface area (Å²) in [6.07, 6.45) is 4.74. The van der Waals surface area contributed by atoms with Crippen LogP contribution in [0.3, 0.4) is 0 Å². The molecular formula is C14H22ClN3. The van der Waals surface area contributed by atoms with E-state index < -0.39 is 0 Å². The SMILES string of the molecule is CC(C)C[C@H](c1ccncc1Cl)N1CCNCC1. The second-order valence-corrected chi connectivity index (χ2v) is 5.74. The molecule has 18 heavy (non-hydrogen) atoms. The molecule has 1 aromatic heterocycles. The van der Waals surface area contributed by atoms with Gasteiger partial charge in [-0.1, -0.05) is 25.4 Å². The minimum atomic E-state index is 0.419. The van der Waals surface area contributed by atoms with Crippen molar-refractivity contribution in [2.75, 3.05) is 26.2 Å². The number of nitrogens with one attached hydrogen (secondary N) is 1. The molecule has 2 rings (SSSR count). The summed E-state index contributed by atoms with van der Waals surface area (Å²) in [6, 6.07) is 2.49. The van der Waals surface area contributed by atoms with Gasteiger partial charge in [-0.25, -0.2) is 0 Å². The molecule has 0 spiro atoms. The van der Waals surface area contributed by atoms with E-state index in [-0.39, 0.29) is 0 Å². The highest BCUT2D eigenvalue weighted by atomic mass is 35.5. The van der Waals surface area contributed by atoms with E-state index in [9.17, 15) is 0 Å². The molecule has 1 aliphatic rings. The number of hydrogen-bond acceptors (Lipinski definition) is 3. The van der Waals surface area contributed by atoms with Gasteiger partial charge in [0.1, 0.15) is 0 Å². The van der Waals surface area contributed by atoms with E-state index in [2.05, 4.69) is 35.1 Å². The molecule has 4 heteroatoms. The molecule has 0 bridgehead atoms. The summed E-state index contributed by atoms with van der Waals surface area (Å²) in [5, 5.41) is 4.20. The van der Waals surface area contributed by atoms with E-state index in [1.807, 2.05) is 6.20 Å². The van der Waals surface area contributed by atoms with E-state index in [4.69, 9.17) is 11.6 Å². The highest BCUT2D eigenvalue weighted by Gasteiger charge is 2.24. The van der Waals surface area contributed by atoms with Crippen molar-refractivity contribution in [1.82, 2.24) is 15.2 Å². The van der Waals surface area contributed by atoms with Crippen LogP contribution >= 0.6 is 11.6 Å². The second-order valence-electron chi connectivity index (χ2n) is 5.33. The summed E-state index contributed by atoms with van der Waals surface area (Å²) in [6.45, 7) is 8.86. The molecule has 0 unspecified atom stereocenters. The average Bonchev–Trinajstić information content (AvgIpc) is 2.38. The molecule has 0 amide bonds. The third-order valence-electron chi connectivity index (χ3n) is 3.45. The van der Waals surface area contributed by atoms with Gasteiger partial charge in [-0.3, -0.25) is 9.88 Å². The van der Waals surface area contributed by atoms with Crippen molar-refractivity contribution in [3.63, 3.8) is 0 Å². The first-order chi connectivity index (χ1) is 8.68. The van der Waals surface area contributed by atoms with Gasteiger partial charge >= 0.3 is 0 Å². The first-order valence-corrected chi connectivity index (χ1v) is 7.10. The van der Waals surface area contributed by atoms with Gasteiger partial charge in [-0.2, -0.15) is 0 Å². The van der Waals surface area contributed by atoms with E-state index in [1.54, 1.807) is 6.20 Å². The lowest BCUT2D eigenvalue weighted by molar-refractivity contribution is 0.154. The van der Waals surface area contributed by atoms with E-state index >= 15 is 0 Å². The van der Waals surface area contributed by atoms with Crippen molar-refractivity contribution in [2.24, 2.45) is 5.92 Å². The molecule has 0 aliphatic carbocycles. The zero-order valence-electron chi connectivity index (χ0n) is 11.2. The number of hydrogen-bond donors (Lipinski definition) is 1. The first kappa shape index (κ1) is 13.8. The van der Waals surface area contributed by atoms with E-state index in [1.165, 1.54) is 5.56 Å². The van der Waals surface area contributed by atoms with Gasteiger partial charge < -0.3 is 5.32 Å². The molecule has 0 saturated carbocycles. The zero-order valence-corrected chi connectivity index (χ0v) is 12.0. The van der Waals surface area contributed by atoms with Crippen LogP contribution in [-0.4, -0.2) is 36.1 Å². The third-order valence-corrected chi connectivity index (χ3v) is 3.77. The van der Waals surface area contributed by atoms with Gasteiger partial charge in [-0.05, 0) is 24.0 Å². The maximum absolute atomic E-state index is 6.32. The molecule has 0 aromatic carbocycles. The van der Waals surface area contributed by atoms with Crippen LogP contribution in [0.2, 0.25) is 5.02 Å². The Morgan fingerprint density at radius 1 is 1.39 bits per heavy atom. The fraction of sp³-hybridized carbons (Fsp3) is 0.643. The lowest BCUT2D eigenvalue weighted by atomic mass is 9.95. The number of pyridine rings is 1. The Balaban J connectivity index is 2.21. The monoisotopic (exact) mass is 267 g/mol. The summed E-state index contributed by atoms with van der Waals surface area (Å²) in [4.78, 5) is 6.63. The van der Waals surface area contributed by atoms with Crippen molar-refractivity contribution in [2.45, 2.75) is 26.3 Å². The van der Waals surface area contributed by atoms with Crippen molar-refractivity contribution >= 4 is 11.6 Å². The summed E-state index contributed by atoms with van der Waals surface area (Å²) in [5.41, 5.74) is 1.22. The van der Waals surface area contributed by atoms with Crippen LogP contribution in [0.4, 0.5) is 0 Å². The molecule has 1 N–H and O–H groups in total. The normalized spacial score (nSPS) is 19.1. The van der Waals surface area contributed by atoms with Gasteiger partial charge in [0.25, 0.3) is 0 Å². The molecule has 2 heterocycles. The van der Waals surface area contributed by atoms with Crippen LogP contribution in [0.5, 0.6) is 0 Å². The van der Waals surface area contributed by atoms with Crippen molar-refractivity contribution in [3.05, 3.63) is 29.0 Å². The molecule has 1 atom stereocenters. The smallest absolute Gasteiger partial charge is 0.0637 e. The van der Waals surface area contributed by atoms with Crippen LogP contribution in [-0.2, 0) is 0 Å². The van der Waals surface area contributed by atoms with Gasteiger partial charge in [0, 0.05) is 44.6 Å². The highest BCUT2D eigenvalue weighted by Crippen LogP contribution is 2.32.